The van der Waals surface area contributed by atoms with E-state index in [2.05, 4.69) is 4.72 Å². The van der Waals surface area contributed by atoms with Crippen LogP contribution in [0.3, 0.4) is 0 Å². The Bertz CT molecular complexity index is 686. The standard InChI is InChI=1S/C13H12N2O2S2/c14-9-12-2-1-3-13(8-12)19(16,17)15-6-4-11-5-7-18-10-11/h1-3,5,7-8,10,15H,4,6H2. The predicted molar refractivity (Wildman–Crippen MR) is 74.4 cm³/mol. The molecule has 0 aliphatic carbocycles. The van der Waals surface area contributed by atoms with Gasteiger partial charge in [0.1, 0.15) is 0 Å². The molecular formula is C13H12N2O2S2. The summed E-state index contributed by atoms with van der Waals surface area (Å²) in [6, 6.07) is 9.88. The normalized spacial score (nSPS) is 11.1. The van der Waals surface area contributed by atoms with Gasteiger partial charge in [0, 0.05) is 6.54 Å². The predicted octanol–water partition coefficient (Wildman–Crippen LogP) is 2.14. The third-order valence-corrected chi connectivity index (χ3v) is 4.75. The third-order valence-electron chi connectivity index (χ3n) is 2.56. The number of hydrogen-bond acceptors (Lipinski definition) is 4. The van der Waals surface area contributed by atoms with E-state index in [-0.39, 0.29) is 4.90 Å². The monoisotopic (exact) mass is 292 g/mol. The Kier molecular flexibility index (Phi) is 4.32. The Hall–Kier alpha value is -1.68. The molecule has 1 aromatic carbocycles. The van der Waals surface area contributed by atoms with Crippen LogP contribution in [-0.2, 0) is 16.4 Å². The summed E-state index contributed by atoms with van der Waals surface area (Å²) in [5, 5.41) is 12.7. The summed E-state index contributed by atoms with van der Waals surface area (Å²) in [4.78, 5) is 0.122. The van der Waals surface area contributed by atoms with Crippen molar-refractivity contribution in [3.8, 4) is 6.07 Å². The molecule has 19 heavy (non-hydrogen) atoms. The number of nitrogens with zero attached hydrogens (tertiary/aromatic N) is 1. The number of sulfonamides is 1. The molecule has 0 saturated heterocycles. The van der Waals surface area contributed by atoms with E-state index in [0.717, 1.165) is 5.56 Å². The van der Waals surface area contributed by atoms with Crippen LogP contribution in [-0.4, -0.2) is 15.0 Å². The molecule has 1 N–H and O–H groups in total. The first kappa shape index (κ1) is 13.7. The second-order valence-electron chi connectivity index (χ2n) is 3.92. The highest BCUT2D eigenvalue weighted by Gasteiger charge is 2.13. The molecule has 98 valence electrons. The van der Waals surface area contributed by atoms with Crippen molar-refractivity contribution in [2.45, 2.75) is 11.3 Å². The minimum Gasteiger partial charge on any atom is -0.211 e. The number of nitriles is 1. The molecule has 0 aliphatic heterocycles. The number of rotatable bonds is 5. The van der Waals surface area contributed by atoms with Gasteiger partial charge in [-0.05, 0) is 47.0 Å². The average molecular weight is 292 g/mol. The average Bonchev–Trinajstić information content (AvgIpc) is 2.92. The lowest BCUT2D eigenvalue weighted by Crippen LogP contribution is -2.25. The largest absolute Gasteiger partial charge is 0.240 e. The number of thiophene rings is 1. The molecule has 4 nitrogen and oxygen atoms in total. The molecule has 0 fully saturated rings. The van der Waals surface area contributed by atoms with E-state index in [1.165, 1.54) is 12.1 Å². The highest BCUT2D eigenvalue weighted by molar-refractivity contribution is 7.89. The number of nitrogens with one attached hydrogen (secondary N) is 1. The Morgan fingerprint density at radius 2 is 2.16 bits per heavy atom. The van der Waals surface area contributed by atoms with E-state index < -0.39 is 10.0 Å². The molecule has 1 heterocycles. The molecule has 2 rings (SSSR count). The van der Waals surface area contributed by atoms with Crippen LogP contribution < -0.4 is 4.72 Å². The van der Waals surface area contributed by atoms with Crippen LogP contribution in [0.4, 0.5) is 0 Å². The minimum absolute atomic E-state index is 0.122. The quantitative estimate of drug-likeness (QED) is 0.918. The first-order valence-corrected chi connectivity index (χ1v) is 8.05. The molecule has 0 radical (unpaired) electrons. The van der Waals surface area contributed by atoms with Crippen LogP contribution >= 0.6 is 11.3 Å². The van der Waals surface area contributed by atoms with Crippen molar-refractivity contribution < 1.29 is 8.42 Å². The SMILES string of the molecule is N#Cc1cccc(S(=O)(=O)NCCc2ccsc2)c1. The summed E-state index contributed by atoms with van der Waals surface area (Å²) >= 11 is 1.59. The second kappa shape index (κ2) is 5.97. The van der Waals surface area contributed by atoms with Gasteiger partial charge in [-0.25, -0.2) is 13.1 Å². The summed E-state index contributed by atoms with van der Waals surface area (Å²) in [7, 11) is -3.54. The zero-order valence-electron chi connectivity index (χ0n) is 10.0. The van der Waals surface area contributed by atoms with Crippen LogP contribution in [0.2, 0.25) is 0 Å². The van der Waals surface area contributed by atoms with Gasteiger partial charge in [0.2, 0.25) is 10.0 Å². The van der Waals surface area contributed by atoms with Gasteiger partial charge in [0.05, 0.1) is 16.5 Å². The Labute approximate surface area is 116 Å². The van der Waals surface area contributed by atoms with Crippen molar-refractivity contribution in [1.82, 2.24) is 4.72 Å². The van der Waals surface area contributed by atoms with Crippen LogP contribution in [0.15, 0.2) is 46.0 Å². The molecule has 0 bridgehead atoms. The van der Waals surface area contributed by atoms with Crippen LogP contribution in [0.5, 0.6) is 0 Å². The van der Waals surface area contributed by atoms with Crippen molar-refractivity contribution in [1.29, 1.82) is 5.26 Å². The van der Waals surface area contributed by atoms with Crippen molar-refractivity contribution >= 4 is 21.4 Å². The maximum atomic E-state index is 12.0. The minimum atomic E-state index is -3.54. The number of benzene rings is 1. The molecule has 1 aromatic heterocycles. The number of hydrogen-bond donors (Lipinski definition) is 1. The molecule has 0 saturated carbocycles. The lowest BCUT2D eigenvalue weighted by molar-refractivity contribution is 0.581. The van der Waals surface area contributed by atoms with Gasteiger partial charge in [-0.3, -0.25) is 0 Å². The van der Waals surface area contributed by atoms with Crippen molar-refractivity contribution in [2.24, 2.45) is 0 Å². The highest BCUT2D eigenvalue weighted by atomic mass is 32.2. The van der Waals surface area contributed by atoms with Crippen molar-refractivity contribution in [3.63, 3.8) is 0 Å². The molecule has 2 aromatic rings. The van der Waals surface area contributed by atoms with Crippen LogP contribution in [0.25, 0.3) is 0 Å². The topological polar surface area (TPSA) is 70.0 Å². The van der Waals surface area contributed by atoms with E-state index in [9.17, 15) is 8.42 Å². The summed E-state index contributed by atoms with van der Waals surface area (Å²) < 4.78 is 26.6. The lowest BCUT2D eigenvalue weighted by atomic mass is 10.2. The lowest BCUT2D eigenvalue weighted by Gasteiger charge is -2.06. The summed E-state index contributed by atoms with van der Waals surface area (Å²) in [6.45, 7) is 0.343. The van der Waals surface area contributed by atoms with Gasteiger partial charge in [-0.2, -0.15) is 16.6 Å². The fraction of sp³-hybridized carbons (Fsp3) is 0.154. The first-order valence-electron chi connectivity index (χ1n) is 5.63. The zero-order valence-corrected chi connectivity index (χ0v) is 11.7. The van der Waals surface area contributed by atoms with Gasteiger partial charge >= 0.3 is 0 Å². The fourth-order valence-corrected chi connectivity index (χ4v) is 3.36. The summed E-state index contributed by atoms with van der Waals surface area (Å²) in [5.74, 6) is 0. The molecule has 0 atom stereocenters. The van der Waals surface area contributed by atoms with Crippen molar-refractivity contribution in [2.75, 3.05) is 6.54 Å². The van der Waals surface area contributed by atoms with E-state index in [4.69, 9.17) is 5.26 Å². The Morgan fingerprint density at radius 1 is 1.32 bits per heavy atom. The van der Waals surface area contributed by atoms with E-state index in [1.54, 1.807) is 23.5 Å². The van der Waals surface area contributed by atoms with Crippen molar-refractivity contribution in [3.05, 3.63) is 52.2 Å². The molecule has 6 heteroatoms. The van der Waals surface area contributed by atoms with Gasteiger partial charge in [-0.1, -0.05) is 6.07 Å². The van der Waals surface area contributed by atoms with E-state index in [0.29, 0.717) is 18.5 Å². The molecular weight excluding hydrogens is 280 g/mol. The van der Waals surface area contributed by atoms with Crippen LogP contribution in [0.1, 0.15) is 11.1 Å². The second-order valence-corrected chi connectivity index (χ2v) is 6.47. The summed E-state index contributed by atoms with van der Waals surface area (Å²) in [5.41, 5.74) is 1.44. The van der Waals surface area contributed by atoms with Gasteiger partial charge in [0.15, 0.2) is 0 Å². The fourth-order valence-electron chi connectivity index (χ4n) is 1.58. The maximum Gasteiger partial charge on any atom is 0.240 e. The van der Waals surface area contributed by atoms with Gasteiger partial charge in [0.25, 0.3) is 0 Å². The Morgan fingerprint density at radius 3 is 2.84 bits per heavy atom. The zero-order chi connectivity index (χ0) is 13.7. The van der Waals surface area contributed by atoms with Gasteiger partial charge < -0.3 is 0 Å². The molecule has 0 unspecified atom stereocenters. The van der Waals surface area contributed by atoms with E-state index >= 15 is 0 Å². The third kappa shape index (κ3) is 3.64. The highest BCUT2D eigenvalue weighted by Crippen LogP contribution is 2.11. The Balaban J connectivity index is 2.03. The summed E-state index contributed by atoms with van der Waals surface area (Å²) in [6.07, 6.45) is 0.653. The molecule has 0 aliphatic rings. The first-order chi connectivity index (χ1) is 9.12. The van der Waals surface area contributed by atoms with Gasteiger partial charge in [-0.15, -0.1) is 0 Å². The molecule has 0 spiro atoms. The smallest absolute Gasteiger partial charge is 0.211 e. The molecule has 0 amide bonds. The maximum absolute atomic E-state index is 12.0. The van der Waals surface area contributed by atoms with Crippen LogP contribution in [0, 0.1) is 11.3 Å². The van der Waals surface area contributed by atoms with E-state index in [1.807, 2.05) is 22.9 Å².